The number of hydrogen-bond donors (Lipinski definition) is 1. The SMILES string of the molecule is COc1cc(/C=C(\C#N)C(=O)NCc2ccco2)ccc1OC(=O)CCCOc1ccc(C(C)C)cc1Br. The fourth-order valence-corrected chi connectivity index (χ4v) is 3.93. The maximum absolute atomic E-state index is 12.4. The van der Waals surface area contributed by atoms with Crippen molar-refractivity contribution >= 4 is 33.9 Å². The number of methoxy groups -OCH3 is 1. The van der Waals surface area contributed by atoms with Gasteiger partial charge in [0, 0.05) is 6.42 Å². The Kier molecular flexibility index (Phi) is 10.6. The van der Waals surface area contributed by atoms with E-state index in [0.29, 0.717) is 36.0 Å². The fourth-order valence-electron chi connectivity index (χ4n) is 3.41. The zero-order valence-corrected chi connectivity index (χ0v) is 23.0. The molecule has 0 unspecified atom stereocenters. The lowest BCUT2D eigenvalue weighted by atomic mass is 10.0. The van der Waals surface area contributed by atoms with Crippen molar-refractivity contribution in [2.24, 2.45) is 0 Å². The summed E-state index contributed by atoms with van der Waals surface area (Å²) in [6.45, 7) is 4.77. The van der Waals surface area contributed by atoms with Gasteiger partial charge in [0.2, 0.25) is 0 Å². The lowest BCUT2D eigenvalue weighted by Gasteiger charge is -2.12. The van der Waals surface area contributed by atoms with Crippen molar-refractivity contribution in [2.45, 2.75) is 39.2 Å². The summed E-state index contributed by atoms with van der Waals surface area (Å²) in [4.78, 5) is 24.7. The topological polar surface area (TPSA) is 111 Å². The third kappa shape index (κ3) is 8.25. The van der Waals surface area contributed by atoms with E-state index in [1.54, 1.807) is 30.3 Å². The van der Waals surface area contributed by atoms with Crippen LogP contribution < -0.4 is 19.5 Å². The van der Waals surface area contributed by atoms with Crippen LogP contribution in [-0.2, 0) is 16.1 Å². The van der Waals surface area contributed by atoms with Crippen molar-refractivity contribution in [1.82, 2.24) is 5.32 Å². The van der Waals surface area contributed by atoms with Gasteiger partial charge in [0.25, 0.3) is 5.91 Å². The molecule has 8 nitrogen and oxygen atoms in total. The lowest BCUT2D eigenvalue weighted by Crippen LogP contribution is -2.23. The summed E-state index contributed by atoms with van der Waals surface area (Å²) < 4.78 is 22.6. The van der Waals surface area contributed by atoms with E-state index in [-0.39, 0.29) is 24.3 Å². The quantitative estimate of drug-likeness (QED) is 0.0897. The Morgan fingerprint density at radius 3 is 2.58 bits per heavy atom. The van der Waals surface area contributed by atoms with E-state index >= 15 is 0 Å². The number of nitriles is 1. The Labute approximate surface area is 230 Å². The van der Waals surface area contributed by atoms with Gasteiger partial charge in [-0.25, -0.2) is 0 Å². The maximum Gasteiger partial charge on any atom is 0.311 e. The van der Waals surface area contributed by atoms with Crippen molar-refractivity contribution in [2.75, 3.05) is 13.7 Å². The van der Waals surface area contributed by atoms with Gasteiger partial charge >= 0.3 is 5.97 Å². The van der Waals surface area contributed by atoms with E-state index in [1.165, 1.54) is 25.0 Å². The highest BCUT2D eigenvalue weighted by atomic mass is 79.9. The van der Waals surface area contributed by atoms with E-state index in [4.69, 9.17) is 18.6 Å². The first-order valence-electron chi connectivity index (χ1n) is 12.0. The van der Waals surface area contributed by atoms with Crippen LogP contribution in [-0.4, -0.2) is 25.6 Å². The van der Waals surface area contributed by atoms with E-state index < -0.39 is 11.9 Å². The molecule has 0 radical (unpaired) electrons. The number of amides is 1. The number of halogens is 1. The van der Waals surface area contributed by atoms with Crippen LogP contribution in [0.5, 0.6) is 17.2 Å². The number of furan rings is 1. The number of rotatable bonds is 12. The minimum Gasteiger partial charge on any atom is -0.493 e. The van der Waals surface area contributed by atoms with Crippen molar-refractivity contribution in [1.29, 1.82) is 5.26 Å². The summed E-state index contributed by atoms with van der Waals surface area (Å²) in [6, 6.07) is 16.1. The molecule has 0 saturated carbocycles. The normalized spacial score (nSPS) is 11.1. The van der Waals surface area contributed by atoms with Crippen molar-refractivity contribution < 1.29 is 28.2 Å². The highest BCUT2D eigenvalue weighted by Crippen LogP contribution is 2.30. The minimum absolute atomic E-state index is 0.0890. The van der Waals surface area contributed by atoms with Crippen LogP contribution in [0.25, 0.3) is 6.08 Å². The van der Waals surface area contributed by atoms with E-state index in [9.17, 15) is 14.9 Å². The molecule has 1 aromatic heterocycles. The first-order chi connectivity index (χ1) is 18.3. The molecule has 0 aliphatic rings. The first kappa shape index (κ1) is 28.5. The van der Waals surface area contributed by atoms with E-state index in [0.717, 1.165) is 10.2 Å². The van der Waals surface area contributed by atoms with Gasteiger partial charge in [-0.05, 0) is 81.9 Å². The molecule has 3 aromatic rings. The highest BCUT2D eigenvalue weighted by Gasteiger charge is 2.14. The molecule has 0 atom stereocenters. The number of nitrogens with one attached hydrogen (secondary N) is 1. The minimum atomic E-state index is -0.538. The third-order valence-electron chi connectivity index (χ3n) is 5.50. The molecule has 0 aliphatic carbocycles. The Hall–Kier alpha value is -4.03. The Morgan fingerprint density at radius 1 is 1.13 bits per heavy atom. The summed E-state index contributed by atoms with van der Waals surface area (Å²) in [5, 5.41) is 12.1. The maximum atomic E-state index is 12.4. The molecular formula is C29H29BrN2O6. The Bertz CT molecular complexity index is 1330. The van der Waals surface area contributed by atoms with Gasteiger partial charge in [-0.15, -0.1) is 0 Å². The van der Waals surface area contributed by atoms with Gasteiger partial charge in [-0.2, -0.15) is 5.26 Å². The van der Waals surface area contributed by atoms with Gasteiger partial charge in [0.15, 0.2) is 11.5 Å². The zero-order valence-electron chi connectivity index (χ0n) is 21.5. The summed E-state index contributed by atoms with van der Waals surface area (Å²) in [5.41, 5.74) is 1.66. The molecule has 0 fully saturated rings. The molecule has 3 rings (SSSR count). The average Bonchev–Trinajstić information content (AvgIpc) is 3.43. The molecule has 0 spiro atoms. The second-order valence-electron chi connectivity index (χ2n) is 8.61. The van der Waals surface area contributed by atoms with E-state index in [2.05, 4.69) is 35.1 Å². The van der Waals surface area contributed by atoms with Gasteiger partial charge in [0.1, 0.15) is 23.2 Å². The molecule has 1 heterocycles. The third-order valence-corrected chi connectivity index (χ3v) is 6.12. The summed E-state index contributed by atoms with van der Waals surface area (Å²) in [5.74, 6) is 1.28. The van der Waals surface area contributed by atoms with Gasteiger partial charge in [0.05, 0.1) is 31.0 Å². The molecule has 0 saturated heterocycles. The largest absolute Gasteiger partial charge is 0.493 e. The Balaban J connectivity index is 1.53. The van der Waals surface area contributed by atoms with Crippen LogP contribution >= 0.6 is 15.9 Å². The van der Waals surface area contributed by atoms with Gasteiger partial charge in [-0.1, -0.05) is 26.0 Å². The van der Waals surface area contributed by atoms with Crippen LogP contribution in [0.1, 0.15) is 49.5 Å². The summed E-state index contributed by atoms with van der Waals surface area (Å²) >= 11 is 3.53. The van der Waals surface area contributed by atoms with Crippen LogP contribution in [0, 0.1) is 11.3 Å². The smallest absolute Gasteiger partial charge is 0.311 e. The zero-order chi connectivity index (χ0) is 27.5. The van der Waals surface area contributed by atoms with Crippen LogP contribution in [0.3, 0.4) is 0 Å². The highest BCUT2D eigenvalue weighted by molar-refractivity contribution is 9.10. The van der Waals surface area contributed by atoms with E-state index in [1.807, 2.05) is 24.3 Å². The van der Waals surface area contributed by atoms with Crippen LogP contribution in [0.4, 0.5) is 0 Å². The average molecular weight is 581 g/mol. The monoisotopic (exact) mass is 580 g/mol. The molecule has 198 valence electrons. The standard InChI is InChI=1S/C29H29BrN2O6/c1-19(2)21-9-11-25(24(30)16-21)37-13-5-7-28(33)38-26-10-8-20(15-27(26)35-3)14-22(17-31)29(34)32-18-23-6-4-12-36-23/h4,6,8-12,14-16,19H,5,7,13,18H2,1-3H3,(H,32,34)/b22-14+. The first-order valence-corrected chi connectivity index (χ1v) is 12.8. The number of ether oxygens (including phenoxy) is 3. The fraction of sp³-hybridized carbons (Fsp3) is 0.276. The summed E-state index contributed by atoms with van der Waals surface area (Å²) in [6.07, 6.45) is 3.55. The van der Waals surface area contributed by atoms with Gasteiger partial charge < -0.3 is 23.9 Å². The number of benzene rings is 2. The number of esters is 1. The van der Waals surface area contributed by atoms with Crippen molar-refractivity contribution in [3.05, 3.63) is 81.7 Å². The number of nitrogens with zero attached hydrogens (tertiary/aromatic N) is 1. The predicted octanol–water partition coefficient (Wildman–Crippen LogP) is 6.16. The second-order valence-corrected chi connectivity index (χ2v) is 9.47. The molecule has 38 heavy (non-hydrogen) atoms. The molecule has 2 aromatic carbocycles. The molecular weight excluding hydrogens is 552 g/mol. The number of carbonyl (C=O) groups excluding carboxylic acids is 2. The summed E-state index contributed by atoms with van der Waals surface area (Å²) in [7, 11) is 1.44. The predicted molar refractivity (Wildman–Crippen MR) is 146 cm³/mol. The van der Waals surface area contributed by atoms with Crippen molar-refractivity contribution in [3.63, 3.8) is 0 Å². The number of hydrogen-bond acceptors (Lipinski definition) is 7. The molecule has 0 aliphatic heterocycles. The van der Waals surface area contributed by atoms with Gasteiger partial charge in [-0.3, -0.25) is 9.59 Å². The molecule has 1 N–H and O–H groups in total. The van der Waals surface area contributed by atoms with Crippen molar-refractivity contribution in [3.8, 4) is 23.3 Å². The Morgan fingerprint density at radius 2 is 1.92 bits per heavy atom. The molecule has 9 heteroatoms. The second kappa shape index (κ2) is 14.1. The molecule has 1 amide bonds. The number of carbonyl (C=O) groups is 2. The lowest BCUT2D eigenvalue weighted by molar-refractivity contribution is -0.134. The van der Waals surface area contributed by atoms with Crippen LogP contribution in [0.2, 0.25) is 0 Å². The van der Waals surface area contributed by atoms with Crippen LogP contribution in [0.15, 0.2) is 69.3 Å². The molecule has 0 bridgehead atoms.